The molecule has 1 aromatic rings. The van der Waals surface area contributed by atoms with Crippen LogP contribution in [0.15, 0.2) is 30.3 Å². The third kappa shape index (κ3) is 5.96. The summed E-state index contributed by atoms with van der Waals surface area (Å²) in [6.45, 7) is 9.22. The fourth-order valence-electron chi connectivity index (χ4n) is 2.64. The van der Waals surface area contributed by atoms with E-state index in [-0.39, 0.29) is 24.8 Å². The minimum atomic E-state index is -0.530. The number of nitrogens with zero attached hydrogens (tertiary/aromatic N) is 2. The van der Waals surface area contributed by atoms with E-state index in [1.165, 1.54) is 0 Å². The van der Waals surface area contributed by atoms with Crippen molar-refractivity contribution in [1.82, 2.24) is 9.80 Å². The third-order valence-electron chi connectivity index (χ3n) is 4.05. The molecule has 1 aliphatic rings. The average molecular weight is 348 g/mol. The molecule has 1 fully saturated rings. The molecule has 1 saturated heterocycles. The lowest BCUT2D eigenvalue weighted by Gasteiger charge is -2.30. The standard InChI is InChI=1S/C19H28N2O4/c1-15-10-11-20(12-13-21(15)18(23)25-19(2,3)4)17(22)24-14-16-8-6-5-7-9-16/h5-9,15H,10-14H2,1-4H3/t15-/m0/s1. The van der Waals surface area contributed by atoms with E-state index in [2.05, 4.69) is 0 Å². The molecule has 0 radical (unpaired) electrons. The molecular formula is C19H28N2O4. The molecule has 6 nitrogen and oxygen atoms in total. The summed E-state index contributed by atoms with van der Waals surface area (Å²) in [5.74, 6) is 0. The van der Waals surface area contributed by atoms with Gasteiger partial charge in [-0.15, -0.1) is 0 Å². The van der Waals surface area contributed by atoms with Gasteiger partial charge in [-0.25, -0.2) is 9.59 Å². The molecule has 1 heterocycles. The zero-order chi connectivity index (χ0) is 18.4. The first-order chi connectivity index (χ1) is 11.8. The summed E-state index contributed by atoms with van der Waals surface area (Å²) in [6.07, 6.45) is 0.0150. The normalized spacial score (nSPS) is 18.5. The van der Waals surface area contributed by atoms with E-state index in [0.717, 1.165) is 5.56 Å². The first-order valence-corrected chi connectivity index (χ1v) is 8.71. The SMILES string of the molecule is C[C@H]1CCN(C(=O)OCc2ccccc2)CCN1C(=O)OC(C)(C)C. The molecule has 0 unspecified atom stereocenters. The fraction of sp³-hybridized carbons (Fsp3) is 0.579. The smallest absolute Gasteiger partial charge is 0.410 e. The molecule has 1 aliphatic heterocycles. The van der Waals surface area contributed by atoms with Crippen molar-refractivity contribution >= 4 is 12.2 Å². The van der Waals surface area contributed by atoms with Gasteiger partial charge in [0.1, 0.15) is 12.2 Å². The molecule has 0 saturated carbocycles. The molecular weight excluding hydrogens is 320 g/mol. The predicted molar refractivity (Wildman–Crippen MR) is 95.2 cm³/mol. The van der Waals surface area contributed by atoms with E-state index in [1.54, 1.807) is 9.80 Å². The molecule has 0 N–H and O–H groups in total. The summed E-state index contributed by atoms with van der Waals surface area (Å²) in [7, 11) is 0. The van der Waals surface area contributed by atoms with Gasteiger partial charge in [0.25, 0.3) is 0 Å². The maximum Gasteiger partial charge on any atom is 0.410 e. The summed E-state index contributed by atoms with van der Waals surface area (Å²) < 4.78 is 10.8. The van der Waals surface area contributed by atoms with Gasteiger partial charge in [-0.3, -0.25) is 0 Å². The van der Waals surface area contributed by atoms with Crippen LogP contribution in [-0.4, -0.2) is 53.3 Å². The summed E-state index contributed by atoms with van der Waals surface area (Å²) in [4.78, 5) is 28.0. The van der Waals surface area contributed by atoms with Crippen molar-refractivity contribution in [2.24, 2.45) is 0 Å². The highest BCUT2D eigenvalue weighted by molar-refractivity contribution is 5.70. The van der Waals surface area contributed by atoms with Gasteiger partial charge in [-0.1, -0.05) is 30.3 Å². The van der Waals surface area contributed by atoms with Gasteiger partial charge in [0.2, 0.25) is 0 Å². The van der Waals surface area contributed by atoms with Crippen LogP contribution in [0, 0.1) is 0 Å². The lowest BCUT2D eigenvalue weighted by molar-refractivity contribution is 0.0185. The third-order valence-corrected chi connectivity index (χ3v) is 4.05. The van der Waals surface area contributed by atoms with Gasteiger partial charge in [0, 0.05) is 25.7 Å². The van der Waals surface area contributed by atoms with Gasteiger partial charge < -0.3 is 19.3 Å². The van der Waals surface area contributed by atoms with E-state index in [9.17, 15) is 9.59 Å². The van der Waals surface area contributed by atoms with Crippen LogP contribution < -0.4 is 0 Å². The van der Waals surface area contributed by atoms with Crippen molar-refractivity contribution in [3.05, 3.63) is 35.9 Å². The lowest BCUT2D eigenvalue weighted by atomic mass is 10.2. The van der Waals surface area contributed by atoms with Crippen molar-refractivity contribution in [2.75, 3.05) is 19.6 Å². The quantitative estimate of drug-likeness (QED) is 0.818. The number of hydrogen-bond acceptors (Lipinski definition) is 4. The van der Waals surface area contributed by atoms with E-state index in [4.69, 9.17) is 9.47 Å². The number of benzene rings is 1. The summed E-state index contributed by atoms with van der Waals surface area (Å²) >= 11 is 0. The first kappa shape index (κ1) is 19.1. The maximum absolute atomic E-state index is 12.3. The Bertz CT molecular complexity index is 583. The molecule has 6 heteroatoms. The number of ether oxygens (including phenoxy) is 2. The van der Waals surface area contributed by atoms with Crippen LogP contribution >= 0.6 is 0 Å². The Morgan fingerprint density at radius 3 is 2.40 bits per heavy atom. The largest absolute Gasteiger partial charge is 0.445 e. The van der Waals surface area contributed by atoms with Crippen LogP contribution in [0.4, 0.5) is 9.59 Å². The van der Waals surface area contributed by atoms with Crippen molar-refractivity contribution < 1.29 is 19.1 Å². The zero-order valence-electron chi connectivity index (χ0n) is 15.5. The summed E-state index contributed by atoms with van der Waals surface area (Å²) in [5, 5.41) is 0. The second kappa shape index (κ2) is 8.23. The first-order valence-electron chi connectivity index (χ1n) is 8.71. The summed E-state index contributed by atoms with van der Waals surface area (Å²) in [6, 6.07) is 9.60. The van der Waals surface area contributed by atoms with Crippen molar-refractivity contribution in [3.8, 4) is 0 Å². The highest BCUT2D eigenvalue weighted by atomic mass is 16.6. The Morgan fingerprint density at radius 2 is 1.76 bits per heavy atom. The topological polar surface area (TPSA) is 59.1 Å². The van der Waals surface area contributed by atoms with E-state index >= 15 is 0 Å². The van der Waals surface area contributed by atoms with Gasteiger partial charge in [-0.05, 0) is 39.7 Å². The number of carbonyl (C=O) groups excluding carboxylic acids is 2. The Hall–Kier alpha value is -2.24. The van der Waals surface area contributed by atoms with Crippen LogP contribution in [0.1, 0.15) is 39.7 Å². The lowest BCUT2D eigenvalue weighted by Crippen LogP contribution is -2.43. The Balaban J connectivity index is 1.88. The fourth-order valence-corrected chi connectivity index (χ4v) is 2.64. The van der Waals surface area contributed by atoms with E-state index in [1.807, 2.05) is 58.0 Å². The number of carbonyl (C=O) groups is 2. The van der Waals surface area contributed by atoms with E-state index in [0.29, 0.717) is 26.1 Å². The molecule has 2 amide bonds. The highest BCUT2D eigenvalue weighted by Crippen LogP contribution is 2.17. The molecule has 0 bridgehead atoms. The van der Waals surface area contributed by atoms with E-state index < -0.39 is 5.60 Å². The van der Waals surface area contributed by atoms with Gasteiger partial charge in [-0.2, -0.15) is 0 Å². The van der Waals surface area contributed by atoms with Gasteiger partial charge >= 0.3 is 12.2 Å². The van der Waals surface area contributed by atoms with Crippen molar-refractivity contribution in [1.29, 1.82) is 0 Å². The predicted octanol–water partition coefficient (Wildman–Crippen LogP) is 3.65. The van der Waals surface area contributed by atoms with Crippen LogP contribution in [0.5, 0.6) is 0 Å². The van der Waals surface area contributed by atoms with Crippen molar-refractivity contribution in [2.45, 2.75) is 52.4 Å². The maximum atomic E-state index is 12.3. The number of amides is 2. The second-order valence-corrected chi connectivity index (χ2v) is 7.34. The second-order valence-electron chi connectivity index (χ2n) is 7.34. The molecule has 1 atom stereocenters. The molecule has 0 aromatic heterocycles. The zero-order valence-corrected chi connectivity index (χ0v) is 15.5. The van der Waals surface area contributed by atoms with Crippen molar-refractivity contribution in [3.63, 3.8) is 0 Å². The molecule has 25 heavy (non-hydrogen) atoms. The number of rotatable bonds is 2. The summed E-state index contributed by atoms with van der Waals surface area (Å²) in [5.41, 5.74) is 0.423. The monoisotopic (exact) mass is 348 g/mol. The number of hydrogen-bond donors (Lipinski definition) is 0. The van der Waals surface area contributed by atoms with Crippen LogP contribution in [0.2, 0.25) is 0 Å². The van der Waals surface area contributed by atoms with Crippen LogP contribution in [0.3, 0.4) is 0 Å². The molecule has 1 aromatic carbocycles. The van der Waals surface area contributed by atoms with Crippen LogP contribution in [0.25, 0.3) is 0 Å². The average Bonchev–Trinajstić information content (AvgIpc) is 2.74. The highest BCUT2D eigenvalue weighted by Gasteiger charge is 2.30. The van der Waals surface area contributed by atoms with Gasteiger partial charge in [0.15, 0.2) is 0 Å². The molecule has 0 spiro atoms. The molecule has 2 rings (SSSR count). The molecule has 138 valence electrons. The Labute approximate surface area is 149 Å². The molecule has 0 aliphatic carbocycles. The van der Waals surface area contributed by atoms with Gasteiger partial charge in [0.05, 0.1) is 0 Å². The minimum absolute atomic E-state index is 0.0155. The Kier molecular flexibility index (Phi) is 6.28. The van der Waals surface area contributed by atoms with Crippen LogP contribution in [-0.2, 0) is 16.1 Å². The minimum Gasteiger partial charge on any atom is -0.445 e. The Morgan fingerprint density at radius 1 is 1.08 bits per heavy atom.